The number of fused-ring (bicyclic) bond motifs is 6. The number of pyridine rings is 5. The molecule has 6 aliphatic heterocycles. The second-order valence-corrected chi connectivity index (χ2v) is 37.6. The van der Waals surface area contributed by atoms with E-state index in [2.05, 4.69) is 253 Å². The number of methoxy groups -OCH3 is 1. The third-order valence-electron chi connectivity index (χ3n) is 29.2. The fourth-order valence-corrected chi connectivity index (χ4v) is 21.9. The smallest absolute Gasteiger partial charge is 0.282 e. The van der Waals surface area contributed by atoms with Crippen molar-refractivity contribution in [3.05, 3.63) is 308 Å². The monoisotopic (exact) mass is 1780 g/mol. The molecule has 0 amide bonds. The van der Waals surface area contributed by atoms with Crippen molar-refractivity contribution in [2.45, 2.75) is 223 Å². The molecule has 12 N–H and O–H groups in total. The van der Waals surface area contributed by atoms with Gasteiger partial charge in [0.15, 0.2) is 0 Å². The summed E-state index contributed by atoms with van der Waals surface area (Å²) in [7, 11) is 1.62. The first-order chi connectivity index (χ1) is 64.0. The maximum atomic E-state index is 5.81. The molecule has 0 bridgehead atoms. The lowest BCUT2D eigenvalue weighted by Gasteiger charge is -2.23. The van der Waals surface area contributed by atoms with Gasteiger partial charge in [0.1, 0.15) is 69.9 Å². The molecule has 0 radical (unpaired) electrons. The fourth-order valence-electron chi connectivity index (χ4n) is 21.9. The standard InChI is InChI=1S/C18H19N3O2.4C18H19N3O.C17H18N4O/c1-11-18(21-17(19)23-11)8-12-4-3-5-14(15(12)9-18)13-6-7-16(22-2)20-10-13;1-11-14(7-4-8-20-11)15-6-3-5-13-9-18(10-16(13)15)12(2)22-17(19)21-18;1-11-6-14(10-20-9-11)15-5-3-4-13-7-18(8-16(13)15)12(2)22-17(19)21-18;1-11-6-7-14(10-20-11)15-5-3-4-13-8-18(9-16(13)15)12(2)22-17(19)21-18;1-11-6-7-20-10-16(11)14-5-3-4-13-8-18(9-15(13)14)12(2)22-17(19)21-18;1-10-8-19-9-15(20-10)13-5-3-4-12-6-17(7-14(12)13)11(2)22-16(18)21-17/h3-7,10-11H,8-9H2,1-2H3,(H2,19,21);3-8,12H,9-10H2,1-2H3,(H2,19,21);3-6,9-10,12H,7-8H2,1-2H3,(H2,19,21);2*3-7,10,12H,8-9H2,1-2H3,(H2,19,21);3-5,8-9,11H,6-7H2,1-2H3,(H2,18,21)/t11-,18-;4*12-,18-;11-,17-/m111111/s1. The number of benzene rings is 6. The molecular weight excluding hydrogens is 1660 g/mol. The summed E-state index contributed by atoms with van der Waals surface area (Å²) in [6.45, 7) is 22.5. The quantitative estimate of drug-likeness (QED) is 0.0863. The number of amidine groups is 6. The summed E-state index contributed by atoms with van der Waals surface area (Å²) in [5.41, 5.74) is 68.8. The first kappa shape index (κ1) is 87.9. The molecule has 678 valence electrons. The van der Waals surface area contributed by atoms with Crippen LogP contribution in [0.15, 0.2) is 243 Å². The minimum Gasteiger partial charge on any atom is -0.481 e. The van der Waals surface area contributed by atoms with E-state index < -0.39 is 0 Å². The van der Waals surface area contributed by atoms with Crippen LogP contribution in [0.1, 0.15) is 137 Å². The van der Waals surface area contributed by atoms with E-state index >= 15 is 0 Å². The lowest BCUT2D eigenvalue weighted by Crippen LogP contribution is -2.36. The summed E-state index contributed by atoms with van der Waals surface area (Å²) in [5, 5.41) is 0. The van der Waals surface area contributed by atoms with Crippen molar-refractivity contribution in [3.8, 4) is 72.8 Å². The molecule has 0 fully saturated rings. The second-order valence-electron chi connectivity index (χ2n) is 37.6. The molecule has 133 heavy (non-hydrogen) atoms. The van der Waals surface area contributed by atoms with Gasteiger partial charge in [0.05, 0.1) is 24.7 Å². The van der Waals surface area contributed by atoms with E-state index in [0.29, 0.717) is 42.0 Å². The highest BCUT2D eigenvalue weighted by Crippen LogP contribution is 2.51. The molecule has 12 aliphatic rings. The topological polar surface area (TPSA) is 385 Å². The Hall–Kier alpha value is -14.4. The molecule has 26 heteroatoms. The van der Waals surface area contributed by atoms with Gasteiger partial charge in [0, 0.05) is 177 Å². The fraction of sp³-hybridized carbons (Fsp3) is 0.336. The van der Waals surface area contributed by atoms with Gasteiger partial charge in [-0.3, -0.25) is 24.9 Å². The van der Waals surface area contributed by atoms with Crippen molar-refractivity contribution in [3.63, 3.8) is 0 Å². The summed E-state index contributed by atoms with van der Waals surface area (Å²) in [5.74, 6) is 0.619. The van der Waals surface area contributed by atoms with Gasteiger partial charge < -0.3 is 67.6 Å². The van der Waals surface area contributed by atoms with Crippen LogP contribution in [0, 0.1) is 34.6 Å². The summed E-state index contributed by atoms with van der Waals surface area (Å²) in [6, 6.07) is 57.0. The molecule has 12 atom stereocenters. The lowest BCUT2D eigenvalue weighted by atomic mass is 9.90. The van der Waals surface area contributed by atoms with Crippen molar-refractivity contribution in [2.75, 3.05) is 7.11 Å². The molecule has 26 nitrogen and oxygen atoms in total. The summed E-state index contributed by atoms with van der Waals surface area (Å²) < 4.78 is 38.8. The van der Waals surface area contributed by atoms with Crippen LogP contribution in [0.2, 0.25) is 0 Å². The number of aryl methyl sites for hydroxylation is 5. The summed E-state index contributed by atoms with van der Waals surface area (Å²) >= 11 is 0. The number of hydrogen-bond acceptors (Lipinski definition) is 26. The van der Waals surface area contributed by atoms with Crippen molar-refractivity contribution in [1.82, 2.24) is 34.9 Å². The molecule has 0 saturated heterocycles. The highest BCUT2D eigenvalue weighted by Gasteiger charge is 2.54. The highest BCUT2D eigenvalue weighted by atomic mass is 16.5. The van der Waals surface area contributed by atoms with Gasteiger partial charge in [0.25, 0.3) is 36.1 Å². The van der Waals surface area contributed by atoms with Gasteiger partial charge in [-0.2, -0.15) is 0 Å². The van der Waals surface area contributed by atoms with E-state index in [4.69, 9.17) is 67.6 Å². The van der Waals surface area contributed by atoms with Crippen LogP contribution in [0.4, 0.5) is 0 Å². The third kappa shape index (κ3) is 16.6. The van der Waals surface area contributed by atoms with E-state index in [9.17, 15) is 0 Å². The van der Waals surface area contributed by atoms with Crippen LogP contribution in [-0.4, -0.2) is 148 Å². The average Bonchev–Trinajstić information content (AvgIpc) is 1.60. The maximum absolute atomic E-state index is 5.81. The largest absolute Gasteiger partial charge is 0.481 e. The van der Waals surface area contributed by atoms with Gasteiger partial charge in [-0.15, -0.1) is 0 Å². The Morgan fingerprint density at radius 2 is 0.647 bits per heavy atom. The number of ether oxygens (including phenoxy) is 7. The molecule has 6 aromatic carbocycles. The van der Waals surface area contributed by atoms with Gasteiger partial charge in [-0.25, -0.2) is 39.9 Å². The third-order valence-corrected chi connectivity index (χ3v) is 29.2. The number of rotatable bonds is 7. The molecule has 6 spiro atoms. The van der Waals surface area contributed by atoms with Gasteiger partial charge in [-0.1, -0.05) is 121 Å². The molecule has 12 aromatic rings. The van der Waals surface area contributed by atoms with Crippen molar-refractivity contribution < 1.29 is 33.2 Å². The van der Waals surface area contributed by atoms with E-state index in [1.807, 2.05) is 95.5 Å². The summed E-state index contributed by atoms with van der Waals surface area (Å²) in [6.07, 6.45) is 27.3. The number of aliphatic imine (C=N–C) groups is 6. The Balaban J connectivity index is 0.000000103. The van der Waals surface area contributed by atoms with Crippen LogP contribution >= 0.6 is 0 Å². The van der Waals surface area contributed by atoms with Crippen molar-refractivity contribution in [2.24, 2.45) is 64.4 Å². The minimum absolute atomic E-state index is 0.00302. The number of nitrogens with zero attached hydrogens (tertiary/aromatic N) is 13. The normalized spacial score (nSPS) is 25.8. The lowest BCUT2D eigenvalue weighted by molar-refractivity contribution is 0.157. The first-order valence-corrected chi connectivity index (χ1v) is 45.8. The molecule has 6 aliphatic carbocycles. The Morgan fingerprint density at radius 1 is 0.293 bits per heavy atom. The Morgan fingerprint density at radius 3 is 0.992 bits per heavy atom. The number of aromatic nitrogens is 7. The molecule has 12 heterocycles. The molecule has 0 saturated carbocycles. The summed E-state index contributed by atoms with van der Waals surface area (Å²) in [4.78, 5) is 58.4. The van der Waals surface area contributed by atoms with Crippen LogP contribution in [0.5, 0.6) is 5.88 Å². The predicted molar refractivity (Wildman–Crippen MR) is 520 cm³/mol. The van der Waals surface area contributed by atoms with Crippen LogP contribution in [-0.2, 0) is 105 Å². The maximum Gasteiger partial charge on any atom is 0.282 e. The Kier molecular flexibility index (Phi) is 22.9. The Bertz CT molecular complexity index is 6490. The van der Waals surface area contributed by atoms with Crippen molar-refractivity contribution >= 4 is 36.1 Å². The second kappa shape index (κ2) is 34.7. The minimum atomic E-state index is -0.264. The van der Waals surface area contributed by atoms with Crippen LogP contribution in [0.25, 0.3) is 66.9 Å². The highest BCUT2D eigenvalue weighted by molar-refractivity contribution is 5.83. The van der Waals surface area contributed by atoms with Crippen LogP contribution in [0.3, 0.4) is 0 Å². The molecule has 6 aromatic heterocycles. The SMILES string of the molecule is COc1ccc(-c2cccc3c2C[C@@]2(C3)N=C(N)O[C@@H]2C)cn1.Cc1ccc(-c2cccc3c2C[C@@]2(C3)N=C(N)O[C@@H]2C)cn1.Cc1ccncc1-c1cccc2c1C[C@@]1(C2)N=C(N)O[C@@H]1C.Cc1cncc(-c2cccc3c2C[C@@]2(C3)N=C(N)O[C@@H]2C)c1.Cc1cncc(-c2cccc3c2C[C@@]2(C3)N=C(N)O[C@@H]2C)n1.Cc1ncccc1-c1cccc2c1C[C@@]1(C2)N=C(N)O[C@@H]1C. The van der Waals surface area contributed by atoms with Gasteiger partial charge in [-0.05, 0) is 212 Å². The molecule has 0 unspecified atom stereocenters. The first-order valence-electron chi connectivity index (χ1n) is 45.8. The zero-order chi connectivity index (χ0) is 92.6. The Labute approximate surface area is 775 Å². The average molecular weight is 1780 g/mol. The van der Waals surface area contributed by atoms with E-state index in [0.717, 1.165) is 122 Å². The van der Waals surface area contributed by atoms with Gasteiger partial charge >= 0.3 is 0 Å². The number of hydrogen-bond donors (Lipinski definition) is 6. The van der Waals surface area contributed by atoms with E-state index in [1.54, 1.807) is 13.3 Å². The zero-order valence-corrected chi connectivity index (χ0v) is 77.3. The zero-order valence-electron chi connectivity index (χ0n) is 77.3. The molecular formula is C107H113N19O7. The van der Waals surface area contributed by atoms with Crippen LogP contribution < -0.4 is 39.1 Å². The van der Waals surface area contributed by atoms with E-state index in [1.165, 1.54) is 117 Å². The predicted octanol–water partition coefficient (Wildman–Crippen LogP) is 14.9. The van der Waals surface area contributed by atoms with Crippen molar-refractivity contribution in [1.29, 1.82) is 0 Å². The molecule has 24 rings (SSSR count). The number of nitrogens with two attached hydrogens (primary N) is 6. The van der Waals surface area contributed by atoms with E-state index in [-0.39, 0.29) is 69.9 Å². The van der Waals surface area contributed by atoms with Gasteiger partial charge in [0.2, 0.25) is 5.88 Å².